The highest BCUT2D eigenvalue weighted by atomic mass is 35.5. The lowest BCUT2D eigenvalue weighted by Gasteiger charge is -2.06. The molecule has 0 atom stereocenters. The lowest BCUT2D eigenvalue weighted by molar-refractivity contribution is -0.384. The van der Waals surface area contributed by atoms with Gasteiger partial charge in [-0.25, -0.2) is 0 Å². The third kappa shape index (κ3) is 4.15. The number of thiophene rings is 1. The van der Waals surface area contributed by atoms with Crippen LogP contribution in [0.15, 0.2) is 6.07 Å². The number of carbonyl (C=O) groups excluding carboxylic acids is 1. The highest BCUT2D eigenvalue weighted by molar-refractivity contribution is 7.18. The minimum Gasteiger partial charge on any atom is -0.351 e. The second kappa shape index (κ2) is 5.53. The van der Waals surface area contributed by atoms with Crippen molar-refractivity contribution >= 4 is 34.5 Å². The second-order valence-electron chi connectivity index (χ2n) is 3.15. The third-order valence-corrected chi connectivity index (χ3v) is 3.12. The Morgan fingerprint density at radius 2 is 2.17 bits per heavy atom. The number of carbonyl (C=O) groups is 1. The van der Waals surface area contributed by atoms with Crippen molar-refractivity contribution in [3.05, 3.63) is 25.4 Å². The van der Waals surface area contributed by atoms with E-state index in [1.165, 1.54) is 0 Å². The van der Waals surface area contributed by atoms with Crippen molar-refractivity contribution in [2.45, 2.75) is 12.6 Å². The third-order valence-electron chi connectivity index (χ3n) is 1.78. The summed E-state index contributed by atoms with van der Waals surface area (Å²) in [6.45, 7) is -0.592. The van der Waals surface area contributed by atoms with Gasteiger partial charge >= 0.3 is 6.18 Å². The summed E-state index contributed by atoms with van der Waals surface area (Å²) >= 11 is 6.15. The van der Waals surface area contributed by atoms with E-state index in [-0.39, 0.29) is 9.21 Å². The van der Waals surface area contributed by atoms with Gasteiger partial charge in [-0.3, -0.25) is 14.9 Å². The largest absolute Gasteiger partial charge is 0.390 e. The van der Waals surface area contributed by atoms with Gasteiger partial charge in [0.2, 0.25) is 0 Å². The molecule has 0 aromatic carbocycles. The summed E-state index contributed by atoms with van der Waals surface area (Å²) in [5.41, 5.74) is -0.442. The zero-order valence-corrected chi connectivity index (χ0v) is 10.2. The van der Waals surface area contributed by atoms with E-state index in [1.807, 2.05) is 5.32 Å². The van der Waals surface area contributed by atoms with Crippen LogP contribution in [0, 0.1) is 10.1 Å². The lowest BCUT2D eigenvalue weighted by Crippen LogP contribution is -2.27. The molecule has 18 heavy (non-hydrogen) atoms. The standard InChI is InChI=1S/C8H6ClF3N2O3S/c9-6-4(14(16)17)3-5(18-6)7(15)13-2-1-8(10,11)12/h3H,1-2H2,(H,13,15). The van der Waals surface area contributed by atoms with Crippen LogP contribution in [0.1, 0.15) is 16.1 Å². The van der Waals surface area contributed by atoms with Gasteiger partial charge in [-0.2, -0.15) is 13.2 Å². The van der Waals surface area contributed by atoms with Crippen molar-refractivity contribution < 1.29 is 22.9 Å². The zero-order valence-electron chi connectivity index (χ0n) is 8.58. The number of halogens is 4. The average molecular weight is 303 g/mol. The fourth-order valence-corrected chi connectivity index (χ4v) is 2.14. The predicted octanol–water partition coefficient (Wildman–Crippen LogP) is 2.99. The lowest BCUT2D eigenvalue weighted by atomic mass is 10.3. The Morgan fingerprint density at radius 1 is 1.56 bits per heavy atom. The Labute approximate surface area is 108 Å². The van der Waals surface area contributed by atoms with E-state index in [0.29, 0.717) is 11.3 Å². The highest BCUT2D eigenvalue weighted by Crippen LogP contribution is 2.33. The average Bonchev–Trinajstić information content (AvgIpc) is 2.58. The molecule has 0 aliphatic carbocycles. The molecule has 0 saturated carbocycles. The van der Waals surface area contributed by atoms with Crippen LogP contribution in [-0.2, 0) is 0 Å². The molecule has 10 heteroatoms. The molecule has 0 unspecified atom stereocenters. The molecular weight excluding hydrogens is 297 g/mol. The number of rotatable bonds is 4. The first-order valence-electron chi connectivity index (χ1n) is 4.49. The molecule has 1 aromatic rings. The maximum atomic E-state index is 11.8. The Morgan fingerprint density at radius 3 is 2.61 bits per heavy atom. The highest BCUT2D eigenvalue weighted by Gasteiger charge is 2.27. The molecule has 1 rings (SSSR count). The van der Waals surface area contributed by atoms with Crippen LogP contribution in [0.2, 0.25) is 4.34 Å². The van der Waals surface area contributed by atoms with Crippen molar-refractivity contribution in [1.82, 2.24) is 5.32 Å². The smallest absolute Gasteiger partial charge is 0.351 e. The van der Waals surface area contributed by atoms with E-state index in [4.69, 9.17) is 11.6 Å². The summed E-state index contributed by atoms with van der Waals surface area (Å²) in [6.07, 6.45) is -5.54. The molecule has 0 aliphatic rings. The molecule has 0 radical (unpaired) electrons. The molecule has 1 aromatic heterocycles. The number of alkyl halides is 3. The summed E-state index contributed by atoms with van der Waals surface area (Å²) in [5.74, 6) is -0.820. The molecule has 5 nitrogen and oxygen atoms in total. The van der Waals surface area contributed by atoms with Crippen LogP contribution in [0.3, 0.4) is 0 Å². The van der Waals surface area contributed by atoms with Crippen molar-refractivity contribution in [3.63, 3.8) is 0 Å². The molecule has 1 heterocycles. The molecule has 0 spiro atoms. The topological polar surface area (TPSA) is 72.2 Å². The van der Waals surface area contributed by atoms with Crippen LogP contribution in [0.4, 0.5) is 18.9 Å². The van der Waals surface area contributed by atoms with Gasteiger partial charge in [0.15, 0.2) is 4.34 Å². The minimum absolute atomic E-state index is 0.103. The van der Waals surface area contributed by atoms with E-state index in [9.17, 15) is 28.1 Å². The Balaban J connectivity index is 2.63. The van der Waals surface area contributed by atoms with E-state index in [0.717, 1.165) is 6.07 Å². The Bertz CT molecular complexity index is 475. The van der Waals surface area contributed by atoms with Crippen molar-refractivity contribution in [1.29, 1.82) is 0 Å². The van der Waals surface area contributed by atoms with Gasteiger partial charge in [0.05, 0.1) is 11.3 Å². The van der Waals surface area contributed by atoms with Gasteiger partial charge in [0.1, 0.15) is 4.88 Å². The molecule has 100 valence electrons. The quantitative estimate of drug-likeness (QED) is 0.686. The molecule has 0 saturated heterocycles. The molecule has 0 bridgehead atoms. The normalized spacial score (nSPS) is 11.3. The van der Waals surface area contributed by atoms with Crippen LogP contribution < -0.4 is 5.32 Å². The van der Waals surface area contributed by atoms with E-state index in [1.54, 1.807) is 0 Å². The summed E-state index contributed by atoms with van der Waals surface area (Å²) in [6, 6.07) is 0.927. The molecule has 0 aliphatic heterocycles. The summed E-state index contributed by atoms with van der Waals surface area (Å²) in [7, 11) is 0. The maximum Gasteiger partial charge on any atom is 0.390 e. The number of nitro groups is 1. The molecule has 1 N–H and O–H groups in total. The van der Waals surface area contributed by atoms with Crippen LogP contribution in [0.5, 0.6) is 0 Å². The monoisotopic (exact) mass is 302 g/mol. The summed E-state index contributed by atoms with van der Waals surface area (Å²) in [4.78, 5) is 20.9. The van der Waals surface area contributed by atoms with Crippen LogP contribution in [0.25, 0.3) is 0 Å². The molecule has 0 fully saturated rings. The Kier molecular flexibility index (Phi) is 4.52. The van der Waals surface area contributed by atoms with Gasteiger partial charge in [-0.1, -0.05) is 11.6 Å². The first-order chi connectivity index (χ1) is 8.20. The number of nitrogens with one attached hydrogen (secondary N) is 1. The van der Waals surface area contributed by atoms with Gasteiger partial charge in [0.25, 0.3) is 11.6 Å². The minimum atomic E-state index is -4.37. The SMILES string of the molecule is O=C(NCCC(F)(F)F)c1cc([N+](=O)[O-])c(Cl)s1. The first kappa shape index (κ1) is 14.7. The fourth-order valence-electron chi connectivity index (χ4n) is 1.00. The van der Waals surface area contributed by atoms with Gasteiger partial charge in [-0.05, 0) is 0 Å². The van der Waals surface area contributed by atoms with Gasteiger partial charge in [-0.15, -0.1) is 11.3 Å². The van der Waals surface area contributed by atoms with Gasteiger partial charge in [0, 0.05) is 12.6 Å². The van der Waals surface area contributed by atoms with Crippen LogP contribution >= 0.6 is 22.9 Å². The van der Waals surface area contributed by atoms with Crippen molar-refractivity contribution in [3.8, 4) is 0 Å². The number of amides is 1. The predicted molar refractivity (Wildman–Crippen MR) is 59.0 cm³/mol. The van der Waals surface area contributed by atoms with Gasteiger partial charge < -0.3 is 5.32 Å². The first-order valence-corrected chi connectivity index (χ1v) is 5.69. The van der Waals surface area contributed by atoms with Crippen molar-refractivity contribution in [2.24, 2.45) is 0 Å². The zero-order chi connectivity index (χ0) is 13.9. The van der Waals surface area contributed by atoms with Crippen molar-refractivity contribution in [2.75, 3.05) is 6.54 Å². The Hall–Kier alpha value is -1.35. The number of hydrogen-bond donors (Lipinski definition) is 1. The van der Waals surface area contributed by atoms with Crippen LogP contribution in [-0.4, -0.2) is 23.6 Å². The second-order valence-corrected chi connectivity index (χ2v) is 4.80. The van der Waals surface area contributed by atoms with E-state index < -0.39 is 35.7 Å². The summed E-state index contributed by atoms with van der Waals surface area (Å²) < 4.78 is 35.3. The number of nitrogens with zero attached hydrogens (tertiary/aromatic N) is 1. The fraction of sp³-hybridized carbons (Fsp3) is 0.375. The molecular formula is C8H6ClF3N2O3S. The number of hydrogen-bond acceptors (Lipinski definition) is 4. The summed E-state index contributed by atoms with van der Waals surface area (Å²) in [5, 5.41) is 12.5. The van der Waals surface area contributed by atoms with E-state index in [2.05, 4.69) is 0 Å². The van der Waals surface area contributed by atoms with E-state index >= 15 is 0 Å². The maximum absolute atomic E-state index is 11.8. The molecule has 1 amide bonds.